The van der Waals surface area contributed by atoms with Crippen molar-refractivity contribution in [3.8, 4) is 17.6 Å². The van der Waals surface area contributed by atoms with Gasteiger partial charge in [-0.25, -0.2) is 4.79 Å². The highest BCUT2D eigenvalue weighted by Gasteiger charge is 2.16. The van der Waals surface area contributed by atoms with Gasteiger partial charge in [0.05, 0.1) is 11.1 Å². The highest BCUT2D eigenvalue weighted by atomic mass is 79.9. The number of hydrogen-bond donors (Lipinski definition) is 2. The smallest absolute Gasteiger partial charge is 0.341 e. The molecule has 1 aromatic carbocycles. The average molecular weight is 425 g/mol. The highest BCUT2D eigenvalue weighted by molar-refractivity contribution is 9.10. The van der Waals surface area contributed by atoms with E-state index in [2.05, 4.69) is 21.2 Å². The monoisotopic (exact) mass is 424 g/mol. The van der Waals surface area contributed by atoms with E-state index in [9.17, 15) is 14.9 Å². The van der Waals surface area contributed by atoms with E-state index < -0.39 is 18.5 Å². The molecule has 0 fully saturated rings. The SMILES string of the molecule is CCOc1cc(/C=C(\C#N)C(=O)N[C@@H](C)CC)cc(Br)c1OCC(=O)O. The number of nitriles is 1. The third kappa shape index (κ3) is 6.41. The van der Waals surface area contributed by atoms with Crippen molar-refractivity contribution in [2.75, 3.05) is 13.2 Å². The standard InChI is InChI=1S/C18H21BrN2O5/c1-4-11(3)21-18(24)13(9-20)6-12-7-14(19)17(26-10-16(22)23)15(8-12)25-5-2/h6-8,11H,4-5,10H2,1-3H3,(H,21,24)(H,22,23)/b13-6+/t11-/m0/s1. The summed E-state index contributed by atoms with van der Waals surface area (Å²) in [4.78, 5) is 22.9. The van der Waals surface area contributed by atoms with E-state index in [4.69, 9.17) is 14.6 Å². The molecule has 0 aliphatic rings. The van der Waals surface area contributed by atoms with Gasteiger partial charge in [-0.2, -0.15) is 5.26 Å². The molecule has 0 radical (unpaired) electrons. The van der Waals surface area contributed by atoms with Crippen LogP contribution in [0.25, 0.3) is 6.08 Å². The summed E-state index contributed by atoms with van der Waals surface area (Å²) in [5.41, 5.74) is 0.498. The number of carbonyl (C=O) groups excluding carboxylic acids is 1. The highest BCUT2D eigenvalue weighted by Crippen LogP contribution is 2.37. The molecule has 140 valence electrons. The second kappa shape index (κ2) is 10.5. The van der Waals surface area contributed by atoms with Crippen molar-refractivity contribution in [3.63, 3.8) is 0 Å². The molecule has 7 nitrogen and oxygen atoms in total. The van der Waals surface area contributed by atoms with Crippen LogP contribution in [0, 0.1) is 11.3 Å². The Hall–Kier alpha value is -2.53. The number of amides is 1. The zero-order chi connectivity index (χ0) is 19.7. The first-order valence-electron chi connectivity index (χ1n) is 8.05. The van der Waals surface area contributed by atoms with Crippen LogP contribution < -0.4 is 14.8 Å². The predicted octanol–water partition coefficient (Wildman–Crippen LogP) is 3.13. The first kappa shape index (κ1) is 21.5. The maximum Gasteiger partial charge on any atom is 0.341 e. The van der Waals surface area contributed by atoms with Crippen molar-refractivity contribution in [3.05, 3.63) is 27.7 Å². The number of nitrogens with one attached hydrogen (secondary N) is 1. The Labute approximate surface area is 160 Å². The minimum atomic E-state index is -1.11. The number of benzene rings is 1. The number of carboxylic acids is 1. The third-order valence-electron chi connectivity index (χ3n) is 3.34. The third-order valence-corrected chi connectivity index (χ3v) is 3.93. The van der Waals surface area contributed by atoms with Crippen molar-refractivity contribution in [2.24, 2.45) is 0 Å². The molecule has 0 spiro atoms. The van der Waals surface area contributed by atoms with Crippen LogP contribution in [0.15, 0.2) is 22.2 Å². The molecule has 1 amide bonds. The van der Waals surface area contributed by atoms with Crippen molar-refractivity contribution in [1.29, 1.82) is 5.26 Å². The Bertz CT molecular complexity index is 740. The molecule has 26 heavy (non-hydrogen) atoms. The second-order valence-corrected chi connectivity index (χ2v) is 6.25. The first-order valence-corrected chi connectivity index (χ1v) is 8.85. The van der Waals surface area contributed by atoms with Gasteiger partial charge in [-0.15, -0.1) is 0 Å². The lowest BCUT2D eigenvalue weighted by atomic mass is 10.1. The number of ether oxygens (including phenoxy) is 2. The van der Waals surface area contributed by atoms with E-state index in [1.807, 2.05) is 19.9 Å². The Morgan fingerprint density at radius 1 is 1.38 bits per heavy atom. The summed E-state index contributed by atoms with van der Waals surface area (Å²) in [5.74, 6) is -1.01. The van der Waals surface area contributed by atoms with Gasteiger partial charge < -0.3 is 19.9 Å². The molecule has 0 aliphatic carbocycles. The summed E-state index contributed by atoms with van der Waals surface area (Å²) in [6, 6.07) is 5.05. The summed E-state index contributed by atoms with van der Waals surface area (Å²) in [5, 5.41) is 20.8. The van der Waals surface area contributed by atoms with Gasteiger partial charge in [0, 0.05) is 6.04 Å². The molecule has 0 bridgehead atoms. The van der Waals surface area contributed by atoms with Crippen LogP contribution in [0.2, 0.25) is 0 Å². The van der Waals surface area contributed by atoms with E-state index in [0.717, 1.165) is 6.42 Å². The van der Waals surface area contributed by atoms with Gasteiger partial charge >= 0.3 is 5.97 Å². The molecule has 8 heteroatoms. The lowest BCUT2D eigenvalue weighted by Gasteiger charge is -2.14. The van der Waals surface area contributed by atoms with Crippen molar-refractivity contribution < 1.29 is 24.2 Å². The normalized spacial score (nSPS) is 12.0. The van der Waals surface area contributed by atoms with E-state index in [0.29, 0.717) is 22.4 Å². The average Bonchev–Trinajstić information content (AvgIpc) is 2.58. The molecular formula is C18H21BrN2O5. The zero-order valence-corrected chi connectivity index (χ0v) is 16.4. The molecule has 0 saturated heterocycles. The van der Waals surface area contributed by atoms with Crippen LogP contribution in [0.5, 0.6) is 11.5 Å². The van der Waals surface area contributed by atoms with Crippen molar-refractivity contribution >= 4 is 33.9 Å². The quantitative estimate of drug-likeness (QED) is 0.465. The minimum absolute atomic E-state index is 0.0427. The minimum Gasteiger partial charge on any atom is -0.490 e. The van der Waals surface area contributed by atoms with Crippen LogP contribution in [-0.4, -0.2) is 36.2 Å². The Morgan fingerprint density at radius 3 is 2.62 bits per heavy atom. The summed E-state index contributed by atoms with van der Waals surface area (Å²) in [6.07, 6.45) is 2.19. The molecular weight excluding hydrogens is 404 g/mol. The molecule has 1 rings (SSSR count). The Balaban J connectivity index is 3.21. The van der Waals surface area contributed by atoms with Gasteiger partial charge in [-0.3, -0.25) is 4.79 Å². The van der Waals surface area contributed by atoms with Crippen molar-refractivity contribution in [2.45, 2.75) is 33.2 Å². The number of carbonyl (C=O) groups is 2. The number of halogens is 1. The molecule has 0 unspecified atom stereocenters. The summed E-state index contributed by atoms with van der Waals surface area (Å²) < 4.78 is 11.2. The van der Waals surface area contributed by atoms with Gasteiger partial charge in [0.2, 0.25) is 0 Å². The molecule has 0 aromatic heterocycles. The summed E-state index contributed by atoms with van der Waals surface area (Å²) in [6.45, 7) is 5.38. The summed E-state index contributed by atoms with van der Waals surface area (Å²) >= 11 is 3.31. The van der Waals surface area contributed by atoms with E-state index >= 15 is 0 Å². The van der Waals surface area contributed by atoms with Gasteiger partial charge in [0.15, 0.2) is 18.1 Å². The molecule has 1 aromatic rings. The molecule has 0 heterocycles. The number of nitrogens with zero attached hydrogens (tertiary/aromatic N) is 1. The first-order chi connectivity index (χ1) is 12.3. The molecule has 2 N–H and O–H groups in total. The molecule has 0 saturated carbocycles. The van der Waals surface area contributed by atoms with Crippen molar-refractivity contribution in [1.82, 2.24) is 5.32 Å². The van der Waals surface area contributed by atoms with E-state index in [1.54, 1.807) is 19.1 Å². The molecule has 0 aliphatic heterocycles. The number of rotatable bonds is 9. The fourth-order valence-corrected chi connectivity index (χ4v) is 2.50. The fraction of sp³-hybridized carbons (Fsp3) is 0.389. The number of hydrogen-bond acceptors (Lipinski definition) is 5. The van der Waals surface area contributed by atoms with Crippen LogP contribution in [0.1, 0.15) is 32.8 Å². The van der Waals surface area contributed by atoms with Gasteiger partial charge in [-0.1, -0.05) is 6.92 Å². The van der Waals surface area contributed by atoms with Crippen LogP contribution in [-0.2, 0) is 9.59 Å². The van der Waals surface area contributed by atoms with Gasteiger partial charge in [-0.05, 0) is 60.0 Å². The number of carboxylic acid groups (broad SMARTS) is 1. The largest absolute Gasteiger partial charge is 0.490 e. The Kier molecular flexibility index (Phi) is 8.65. The Morgan fingerprint density at radius 2 is 2.08 bits per heavy atom. The topological polar surface area (TPSA) is 109 Å². The predicted molar refractivity (Wildman–Crippen MR) is 99.9 cm³/mol. The summed E-state index contributed by atoms with van der Waals surface area (Å²) in [7, 11) is 0. The van der Waals surface area contributed by atoms with Crippen LogP contribution >= 0.6 is 15.9 Å². The van der Waals surface area contributed by atoms with Gasteiger partial charge in [0.1, 0.15) is 11.6 Å². The van der Waals surface area contributed by atoms with Crippen LogP contribution in [0.4, 0.5) is 0 Å². The lowest BCUT2D eigenvalue weighted by Crippen LogP contribution is -2.32. The zero-order valence-electron chi connectivity index (χ0n) is 14.8. The molecule has 1 atom stereocenters. The maximum absolute atomic E-state index is 12.2. The second-order valence-electron chi connectivity index (χ2n) is 5.40. The fourth-order valence-electron chi connectivity index (χ4n) is 1.93. The van der Waals surface area contributed by atoms with E-state index in [1.165, 1.54) is 6.08 Å². The number of aliphatic carboxylic acids is 1. The van der Waals surface area contributed by atoms with E-state index in [-0.39, 0.29) is 17.4 Å². The van der Waals surface area contributed by atoms with Crippen LogP contribution in [0.3, 0.4) is 0 Å². The lowest BCUT2D eigenvalue weighted by molar-refractivity contribution is -0.139. The van der Waals surface area contributed by atoms with Gasteiger partial charge in [0.25, 0.3) is 5.91 Å². The maximum atomic E-state index is 12.2.